The van der Waals surface area contributed by atoms with E-state index in [1.807, 2.05) is 12.1 Å². The third kappa shape index (κ3) is 5.70. The molecule has 0 aromatic heterocycles. The fraction of sp³-hybridized carbons (Fsp3) is 0.632. The van der Waals surface area contributed by atoms with Crippen LogP contribution in [-0.2, 0) is 23.1 Å². The van der Waals surface area contributed by atoms with Gasteiger partial charge in [0.2, 0.25) is 0 Å². The summed E-state index contributed by atoms with van der Waals surface area (Å²) >= 11 is 0. The van der Waals surface area contributed by atoms with Crippen molar-refractivity contribution >= 4 is 5.97 Å². The molecule has 2 N–H and O–H groups in total. The standard InChI is InChI=1S/C19H30O3/c1-5-6-7-8-9-15-12-14(10-11-17(20)21)13-16(18(15)22)19(2,3)4/h12-13,22H,5-11H2,1-4H3,(H,20,21). The molecule has 1 rings (SSSR count). The Morgan fingerprint density at radius 1 is 1.09 bits per heavy atom. The van der Waals surface area contributed by atoms with Crippen LogP contribution in [0.5, 0.6) is 5.75 Å². The van der Waals surface area contributed by atoms with Crippen LogP contribution in [0.4, 0.5) is 0 Å². The number of carboxylic acid groups (broad SMARTS) is 1. The van der Waals surface area contributed by atoms with Crippen molar-refractivity contribution in [2.45, 2.75) is 78.1 Å². The molecule has 0 atom stereocenters. The van der Waals surface area contributed by atoms with Crippen LogP contribution in [0, 0.1) is 0 Å². The van der Waals surface area contributed by atoms with Gasteiger partial charge in [-0.1, -0.05) is 59.1 Å². The molecular weight excluding hydrogens is 276 g/mol. The first-order chi connectivity index (χ1) is 10.3. The Labute approximate surface area is 134 Å². The quantitative estimate of drug-likeness (QED) is 0.676. The molecule has 0 heterocycles. The number of aromatic hydroxyl groups is 1. The van der Waals surface area contributed by atoms with Gasteiger partial charge in [-0.05, 0) is 41.4 Å². The zero-order valence-electron chi connectivity index (χ0n) is 14.4. The highest BCUT2D eigenvalue weighted by Gasteiger charge is 2.21. The molecular formula is C19H30O3. The predicted molar refractivity (Wildman–Crippen MR) is 90.6 cm³/mol. The minimum atomic E-state index is -0.783. The Bertz CT molecular complexity index is 498. The molecule has 0 saturated heterocycles. The lowest BCUT2D eigenvalue weighted by Gasteiger charge is -2.23. The minimum Gasteiger partial charge on any atom is -0.507 e. The Balaban J connectivity index is 3.01. The highest BCUT2D eigenvalue weighted by atomic mass is 16.4. The first kappa shape index (κ1) is 18.5. The molecule has 124 valence electrons. The van der Waals surface area contributed by atoms with Crippen LogP contribution in [0.1, 0.15) is 76.5 Å². The summed E-state index contributed by atoms with van der Waals surface area (Å²) in [6.45, 7) is 8.40. The van der Waals surface area contributed by atoms with Gasteiger partial charge in [0.25, 0.3) is 0 Å². The van der Waals surface area contributed by atoms with Crippen molar-refractivity contribution in [3.8, 4) is 5.75 Å². The van der Waals surface area contributed by atoms with E-state index in [-0.39, 0.29) is 11.8 Å². The second-order valence-electron chi connectivity index (χ2n) is 7.11. The van der Waals surface area contributed by atoms with Gasteiger partial charge in [0.1, 0.15) is 5.75 Å². The average Bonchev–Trinajstić information content (AvgIpc) is 2.42. The number of carbonyl (C=O) groups is 1. The van der Waals surface area contributed by atoms with Gasteiger partial charge in [0, 0.05) is 6.42 Å². The summed E-state index contributed by atoms with van der Waals surface area (Å²) in [5.41, 5.74) is 2.74. The number of hydrogen-bond acceptors (Lipinski definition) is 2. The van der Waals surface area contributed by atoms with Crippen molar-refractivity contribution in [2.24, 2.45) is 0 Å². The fourth-order valence-corrected chi connectivity index (χ4v) is 2.66. The molecule has 22 heavy (non-hydrogen) atoms. The molecule has 0 aliphatic carbocycles. The summed E-state index contributed by atoms with van der Waals surface area (Å²) in [5, 5.41) is 19.4. The zero-order chi connectivity index (χ0) is 16.8. The largest absolute Gasteiger partial charge is 0.507 e. The maximum Gasteiger partial charge on any atom is 0.303 e. The van der Waals surface area contributed by atoms with Crippen molar-refractivity contribution in [1.82, 2.24) is 0 Å². The average molecular weight is 306 g/mol. The lowest BCUT2D eigenvalue weighted by molar-refractivity contribution is -0.136. The molecule has 0 bridgehead atoms. The molecule has 0 aliphatic heterocycles. The van der Waals surface area contributed by atoms with Crippen molar-refractivity contribution in [1.29, 1.82) is 0 Å². The number of hydrogen-bond donors (Lipinski definition) is 2. The Kier molecular flexibility index (Phi) is 6.92. The van der Waals surface area contributed by atoms with E-state index >= 15 is 0 Å². The van der Waals surface area contributed by atoms with E-state index in [0.717, 1.165) is 29.5 Å². The van der Waals surface area contributed by atoms with Crippen LogP contribution < -0.4 is 0 Å². The molecule has 0 fully saturated rings. The number of carboxylic acids is 1. The number of phenols is 1. The first-order valence-electron chi connectivity index (χ1n) is 8.32. The van der Waals surface area contributed by atoms with E-state index < -0.39 is 5.97 Å². The van der Waals surface area contributed by atoms with Gasteiger partial charge in [-0.25, -0.2) is 0 Å². The molecule has 0 spiro atoms. The van der Waals surface area contributed by atoms with Crippen molar-refractivity contribution in [3.05, 3.63) is 28.8 Å². The van der Waals surface area contributed by atoms with E-state index in [1.54, 1.807) is 0 Å². The third-order valence-electron chi connectivity index (χ3n) is 3.98. The second-order valence-corrected chi connectivity index (χ2v) is 7.11. The molecule has 0 amide bonds. The van der Waals surface area contributed by atoms with Crippen molar-refractivity contribution < 1.29 is 15.0 Å². The summed E-state index contributed by atoms with van der Waals surface area (Å²) in [6.07, 6.45) is 6.14. The predicted octanol–water partition coefficient (Wildman–Crippen LogP) is 4.83. The highest BCUT2D eigenvalue weighted by molar-refractivity contribution is 5.67. The smallest absolute Gasteiger partial charge is 0.303 e. The van der Waals surface area contributed by atoms with Crippen LogP contribution in [0.25, 0.3) is 0 Å². The van der Waals surface area contributed by atoms with Crippen LogP contribution in [0.15, 0.2) is 12.1 Å². The highest BCUT2D eigenvalue weighted by Crippen LogP contribution is 2.35. The van der Waals surface area contributed by atoms with Gasteiger partial charge in [-0.15, -0.1) is 0 Å². The van der Waals surface area contributed by atoms with Crippen LogP contribution in [0.2, 0.25) is 0 Å². The molecule has 1 aromatic rings. The van der Waals surface area contributed by atoms with Gasteiger partial charge in [0.15, 0.2) is 0 Å². The van der Waals surface area contributed by atoms with Gasteiger partial charge >= 0.3 is 5.97 Å². The van der Waals surface area contributed by atoms with Gasteiger partial charge in [0.05, 0.1) is 0 Å². The SMILES string of the molecule is CCCCCCc1cc(CCC(=O)O)cc(C(C)(C)C)c1O. The van der Waals surface area contributed by atoms with E-state index in [0.29, 0.717) is 12.2 Å². The van der Waals surface area contributed by atoms with Gasteiger partial charge < -0.3 is 10.2 Å². The number of aryl methyl sites for hydroxylation is 2. The lowest BCUT2D eigenvalue weighted by atomic mass is 9.83. The minimum absolute atomic E-state index is 0.129. The number of phenolic OH excluding ortho intramolecular Hbond substituents is 1. The molecule has 0 radical (unpaired) electrons. The summed E-state index contributed by atoms with van der Waals surface area (Å²) in [7, 11) is 0. The molecule has 3 nitrogen and oxygen atoms in total. The van der Waals surface area contributed by atoms with Gasteiger partial charge in [-0.3, -0.25) is 4.79 Å². The maximum atomic E-state index is 10.8. The van der Waals surface area contributed by atoms with Crippen LogP contribution in [-0.4, -0.2) is 16.2 Å². The van der Waals surface area contributed by atoms with Gasteiger partial charge in [-0.2, -0.15) is 0 Å². The molecule has 1 aromatic carbocycles. The van der Waals surface area contributed by atoms with Crippen LogP contribution in [0.3, 0.4) is 0 Å². The Morgan fingerprint density at radius 2 is 1.77 bits per heavy atom. The number of rotatable bonds is 8. The van der Waals surface area contributed by atoms with E-state index in [9.17, 15) is 9.90 Å². The van der Waals surface area contributed by atoms with Crippen molar-refractivity contribution in [2.75, 3.05) is 0 Å². The topological polar surface area (TPSA) is 57.5 Å². The monoisotopic (exact) mass is 306 g/mol. The number of unbranched alkanes of at least 4 members (excludes halogenated alkanes) is 3. The van der Waals surface area contributed by atoms with E-state index in [2.05, 4.69) is 27.7 Å². The van der Waals surface area contributed by atoms with E-state index in [4.69, 9.17) is 5.11 Å². The van der Waals surface area contributed by atoms with Crippen molar-refractivity contribution in [3.63, 3.8) is 0 Å². The van der Waals surface area contributed by atoms with E-state index in [1.165, 1.54) is 19.3 Å². The number of benzene rings is 1. The lowest BCUT2D eigenvalue weighted by Crippen LogP contribution is -2.13. The molecule has 0 unspecified atom stereocenters. The molecule has 0 saturated carbocycles. The maximum absolute atomic E-state index is 10.8. The second kappa shape index (κ2) is 8.21. The Hall–Kier alpha value is -1.51. The Morgan fingerprint density at radius 3 is 2.32 bits per heavy atom. The third-order valence-corrected chi connectivity index (χ3v) is 3.98. The van der Waals surface area contributed by atoms with Crippen LogP contribution >= 0.6 is 0 Å². The first-order valence-corrected chi connectivity index (χ1v) is 8.32. The summed E-state index contributed by atoms with van der Waals surface area (Å²) in [4.78, 5) is 10.8. The molecule has 0 aliphatic rings. The summed E-state index contributed by atoms with van der Waals surface area (Å²) in [5.74, 6) is -0.391. The zero-order valence-corrected chi connectivity index (χ0v) is 14.4. The normalized spacial score (nSPS) is 11.6. The molecule has 3 heteroatoms. The summed E-state index contributed by atoms with van der Waals surface area (Å²) in [6, 6.07) is 3.95. The number of aliphatic carboxylic acids is 1. The summed E-state index contributed by atoms with van der Waals surface area (Å²) < 4.78 is 0. The fourth-order valence-electron chi connectivity index (χ4n) is 2.66.